The Hall–Kier alpha value is -1.71. The first-order valence-corrected chi connectivity index (χ1v) is 5.17. The molecule has 0 radical (unpaired) electrons. The van der Waals surface area contributed by atoms with E-state index < -0.39 is 0 Å². The highest BCUT2D eigenvalue weighted by Gasteiger charge is 2.22. The molecule has 0 aromatic heterocycles. The molecule has 1 aromatic rings. The largest absolute Gasteiger partial charge is 0.497 e. The highest BCUT2D eigenvalue weighted by atomic mass is 16.7. The van der Waals surface area contributed by atoms with Gasteiger partial charge in [-0.1, -0.05) is 6.92 Å². The summed E-state index contributed by atoms with van der Waals surface area (Å²) in [5, 5.41) is 0. The van der Waals surface area contributed by atoms with Crippen LogP contribution in [0.15, 0.2) is 12.1 Å². The van der Waals surface area contributed by atoms with Crippen LogP contribution >= 0.6 is 0 Å². The van der Waals surface area contributed by atoms with Crippen molar-refractivity contribution in [3.05, 3.63) is 17.7 Å². The molecule has 1 aliphatic heterocycles. The van der Waals surface area contributed by atoms with Crippen molar-refractivity contribution in [2.75, 3.05) is 13.9 Å². The van der Waals surface area contributed by atoms with Crippen LogP contribution in [-0.4, -0.2) is 20.2 Å². The lowest BCUT2D eigenvalue weighted by Crippen LogP contribution is -1.98. The number of aldehydes is 1. The van der Waals surface area contributed by atoms with Crippen molar-refractivity contribution in [2.45, 2.75) is 19.3 Å². The number of rotatable bonds is 4. The summed E-state index contributed by atoms with van der Waals surface area (Å²) in [5.74, 6) is 2.24. The lowest BCUT2D eigenvalue weighted by molar-refractivity contribution is -0.108. The Morgan fingerprint density at radius 2 is 2.31 bits per heavy atom. The van der Waals surface area contributed by atoms with Crippen LogP contribution in [0.3, 0.4) is 0 Å². The number of hydrogen-bond acceptors (Lipinski definition) is 4. The second kappa shape index (κ2) is 4.43. The van der Waals surface area contributed by atoms with Crippen molar-refractivity contribution in [3.63, 3.8) is 0 Å². The Balaban J connectivity index is 2.42. The van der Waals surface area contributed by atoms with Crippen LogP contribution in [0.2, 0.25) is 0 Å². The monoisotopic (exact) mass is 222 g/mol. The highest BCUT2D eigenvalue weighted by molar-refractivity contribution is 5.57. The van der Waals surface area contributed by atoms with Crippen LogP contribution < -0.4 is 14.2 Å². The van der Waals surface area contributed by atoms with Gasteiger partial charge in [0.25, 0.3) is 0 Å². The number of methoxy groups -OCH3 is 1. The minimum Gasteiger partial charge on any atom is -0.497 e. The first kappa shape index (κ1) is 10.8. The molecule has 1 aromatic carbocycles. The van der Waals surface area contributed by atoms with E-state index >= 15 is 0 Å². The molecule has 0 fully saturated rings. The third kappa shape index (κ3) is 1.83. The third-order valence-corrected chi connectivity index (χ3v) is 2.69. The molecule has 0 saturated carbocycles. The van der Waals surface area contributed by atoms with Crippen molar-refractivity contribution in [2.24, 2.45) is 0 Å². The second-order valence-corrected chi connectivity index (χ2v) is 3.75. The number of ether oxygens (including phenoxy) is 3. The van der Waals surface area contributed by atoms with Gasteiger partial charge in [-0.3, -0.25) is 0 Å². The minimum atomic E-state index is 0.100. The topological polar surface area (TPSA) is 44.8 Å². The molecule has 2 rings (SSSR count). The van der Waals surface area contributed by atoms with Gasteiger partial charge in [0.15, 0.2) is 11.5 Å². The summed E-state index contributed by atoms with van der Waals surface area (Å²) in [7, 11) is 1.60. The summed E-state index contributed by atoms with van der Waals surface area (Å²) in [4.78, 5) is 10.5. The molecule has 0 spiro atoms. The number of carbonyl (C=O) groups is 1. The predicted molar refractivity (Wildman–Crippen MR) is 58.2 cm³/mol. The Kier molecular flexibility index (Phi) is 2.99. The van der Waals surface area contributed by atoms with Crippen LogP contribution in [0.1, 0.15) is 24.8 Å². The normalized spacial score (nSPS) is 14.6. The van der Waals surface area contributed by atoms with Gasteiger partial charge in [0.2, 0.25) is 6.79 Å². The summed E-state index contributed by atoms with van der Waals surface area (Å²) in [5.41, 5.74) is 0.957. The molecule has 16 heavy (non-hydrogen) atoms. The molecular weight excluding hydrogens is 208 g/mol. The van der Waals surface area contributed by atoms with Crippen LogP contribution in [0.5, 0.6) is 17.2 Å². The van der Waals surface area contributed by atoms with E-state index in [4.69, 9.17) is 14.2 Å². The van der Waals surface area contributed by atoms with E-state index in [1.165, 1.54) is 0 Å². The van der Waals surface area contributed by atoms with Crippen molar-refractivity contribution in [3.8, 4) is 17.2 Å². The molecule has 0 saturated heterocycles. The van der Waals surface area contributed by atoms with Gasteiger partial charge in [0.05, 0.1) is 7.11 Å². The standard InChI is InChI=1S/C12H14O4/c1-8(3-4-13)10-5-9(14-2)6-11-12(10)16-7-15-11/h4-6,8H,3,7H2,1-2H3. The van der Waals surface area contributed by atoms with E-state index in [1.54, 1.807) is 13.2 Å². The second-order valence-electron chi connectivity index (χ2n) is 3.75. The van der Waals surface area contributed by atoms with Crippen molar-refractivity contribution in [1.29, 1.82) is 0 Å². The molecule has 1 aliphatic rings. The molecule has 1 atom stereocenters. The maximum Gasteiger partial charge on any atom is 0.231 e. The van der Waals surface area contributed by atoms with Gasteiger partial charge in [0.1, 0.15) is 12.0 Å². The number of hydrogen-bond donors (Lipinski definition) is 0. The fourth-order valence-electron chi connectivity index (χ4n) is 1.77. The molecule has 0 bridgehead atoms. The van der Waals surface area contributed by atoms with Gasteiger partial charge in [-0.15, -0.1) is 0 Å². The summed E-state index contributed by atoms with van der Waals surface area (Å²) in [6.07, 6.45) is 1.37. The van der Waals surface area contributed by atoms with E-state index in [0.29, 0.717) is 12.2 Å². The van der Waals surface area contributed by atoms with Crippen LogP contribution in [-0.2, 0) is 4.79 Å². The molecule has 86 valence electrons. The maximum absolute atomic E-state index is 10.5. The number of fused-ring (bicyclic) bond motifs is 1. The Labute approximate surface area is 94.1 Å². The Morgan fingerprint density at radius 1 is 1.50 bits per heavy atom. The number of benzene rings is 1. The summed E-state index contributed by atoms with van der Waals surface area (Å²) in [6, 6.07) is 3.68. The van der Waals surface area contributed by atoms with Crippen LogP contribution in [0, 0.1) is 0 Å². The Bertz CT molecular complexity index is 400. The first-order valence-electron chi connectivity index (χ1n) is 5.17. The van der Waals surface area contributed by atoms with Gasteiger partial charge < -0.3 is 19.0 Å². The SMILES string of the molecule is COc1cc2c(c(C(C)CC=O)c1)OCO2. The molecule has 0 amide bonds. The molecular formula is C12H14O4. The van der Waals surface area contributed by atoms with Gasteiger partial charge >= 0.3 is 0 Å². The van der Waals surface area contributed by atoms with Gasteiger partial charge in [0, 0.05) is 18.1 Å². The average molecular weight is 222 g/mol. The smallest absolute Gasteiger partial charge is 0.231 e. The van der Waals surface area contributed by atoms with Crippen molar-refractivity contribution < 1.29 is 19.0 Å². The lowest BCUT2D eigenvalue weighted by atomic mass is 9.97. The van der Waals surface area contributed by atoms with E-state index in [2.05, 4.69) is 0 Å². The van der Waals surface area contributed by atoms with E-state index in [1.807, 2.05) is 13.0 Å². The Morgan fingerprint density at radius 3 is 3.00 bits per heavy atom. The first-order chi connectivity index (χ1) is 7.76. The molecule has 4 nitrogen and oxygen atoms in total. The van der Waals surface area contributed by atoms with Gasteiger partial charge in [-0.25, -0.2) is 0 Å². The van der Waals surface area contributed by atoms with Gasteiger partial charge in [-0.2, -0.15) is 0 Å². The molecule has 0 N–H and O–H groups in total. The fourth-order valence-corrected chi connectivity index (χ4v) is 1.77. The quantitative estimate of drug-likeness (QED) is 0.732. The summed E-state index contributed by atoms with van der Waals surface area (Å²) in [6.45, 7) is 2.20. The van der Waals surface area contributed by atoms with Crippen molar-refractivity contribution >= 4 is 6.29 Å². The minimum absolute atomic E-state index is 0.100. The highest BCUT2D eigenvalue weighted by Crippen LogP contribution is 2.42. The van der Waals surface area contributed by atoms with Gasteiger partial charge in [-0.05, 0) is 12.0 Å². The average Bonchev–Trinajstić information content (AvgIpc) is 2.75. The van der Waals surface area contributed by atoms with E-state index in [-0.39, 0.29) is 12.7 Å². The zero-order chi connectivity index (χ0) is 11.5. The zero-order valence-corrected chi connectivity index (χ0v) is 9.36. The van der Waals surface area contributed by atoms with Crippen molar-refractivity contribution in [1.82, 2.24) is 0 Å². The lowest BCUT2D eigenvalue weighted by Gasteiger charge is -2.13. The van der Waals surface area contributed by atoms with Crippen LogP contribution in [0.25, 0.3) is 0 Å². The number of carbonyl (C=O) groups excluding carboxylic acids is 1. The zero-order valence-electron chi connectivity index (χ0n) is 9.36. The summed E-state index contributed by atoms with van der Waals surface area (Å²) >= 11 is 0. The van der Waals surface area contributed by atoms with Crippen LogP contribution in [0.4, 0.5) is 0 Å². The predicted octanol–water partition coefficient (Wildman–Crippen LogP) is 2.12. The molecule has 4 heteroatoms. The summed E-state index contributed by atoms with van der Waals surface area (Å²) < 4.78 is 15.9. The van der Waals surface area contributed by atoms with E-state index in [9.17, 15) is 4.79 Å². The fraction of sp³-hybridized carbons (Fsp3) is 0.417. The maximum atomic E-state index is 10.5. The molecule has 0 aliphatic carbocycles. The molecule has 1 unspecified atom stereocenters. The third-order valence-electron chi connectivity index (χ3n) is 2.69. The molecule has 1 heterocycles. The van der Waals surface area contributed by atoms with E-state index in [0.717, 1.165) is 23.3 Å².